The highest BCUT2D eigenvalue weighted by Gasteiger charge is 2.43. The van der Waals surface area contributed by atoms with Crippen molar-refractivity contribution in [2.45, 2.75) is 37.1 Å². The molecule has 4 aliphatic carbocycles. The lowest BCUT2D eigenvalue weighted by molar-refractivity contribution is 0.171. The van der Waals surface area contributed by atoms with Crippen LogP contribution >= 0.6 is 0 Å². The van der Waals surface area contributed by atoms with Gasteiger partial charge < -0.3 is 15.3 Å². The number of carbonyl (C=O) groups is 1. The molecule has 1 fully saturated rings. The summed E-state index contributed by atoms with van der Waals surface area (Å²) in [5.41, 5.74) is 5.79. The summed E-state index contributed by atoms with van der Waals surface area (Å²) in [5.74, 6) is 1.20. The van der Waals surface area contributed by atoms with Crippen molar-refractivity contribution in [3.63, 3.8) is 0 Å². The highest BCUT2D eigenvalue weighted by atomic mass is 16.3. The number of nitrogens with zero attached hydrogens (tertiary/aromatic N) is 1. The lowest BCUT2D eigenvalue weighted by Crippen LogP contribution is -2.46. The first-order valence-corrected chi connectivity index (χ1v) is 10.1. The smallest absolute Gasteiger partial charge is 0.317 e. The summed E-state index contributed by atoms with van der Waals surface area (Å²) >= 11 is 0. The second-order valence-electron chi connectivity index (χ2n) is 8.12. The molecule has 0 unspecified atom stereocenters. The van der Waals surface area contributed by atoms with Crippen LogP contribution in [0.5, 0.6) is 0 Å². The Morgan fingerprint density at radius 1 is 1.00 bits per heavy atom. The molecule has 2 amide bonds. The highest BCUT2D eigenvalue weighted by Crippen LogP contribution is 2.55. The molecule has 2 aromatic rings. The summed E-state index contributed by atoms with van der Waals surface area (Å²) < 4.78 is 0. The maximum absolute atomic E-state index is 12.7. The third kappa shape index (κ3) is 2.83. The molecule has 0 aromatic heterocycles. The molecule has 2 bridgehead atoms. The maximum atomic E-state index is 12.7. The minimum Gasteiger partial charge on any atom is -0.395 e. The molecule has 27 heavy (non-hydrogen) atoms. The van der Waals surface area contributed by atoms with Gasteiger partial charge in [0.15, 0.2) is 0 Å². The number of aliphatic hydroxyl groups excluding tert-OH is 1. The van der Waals surface area contributed by atoms with Crippen LogP contribution in [-0.2, 0) is 0 Å². The zero-order valence-corrected chi connectivity index (χ0v) is 15.5. The fourth-order valence-corrected chi connectivity index (χ4v) is 5.22. The van der Waals surface area contributed by atoms with E-state index in [0.717, 1.165) is 19.3 Å². The summed E-state index contributed by atoms with van der Waals surface area (Å²) in [6.45, 7) is 1.15. The first-order valence-electron chi connectivity index (χ1n) is 10.1. The van der Waals surface area contributed by atoms with E-state index >= 15 is 0 Å². The Kier molecular flexibility index (Phi) is 4.16. The van der Waals surface area contributed by atoms with Crippen LogP contribution in [0, 0.1) is 5.92 Å². The zero-order valence-electron chi connectivity index (χ0n) is 15.5. The van der Waals surface area contributed by atoms with Crippen molar-refractivity contribution >= 4 is 6.03 Å². The van der Waals surface area contributed by atoms with E-state index in [4.69, 9.17) is 0 Å². The molecule has 0 radical (unpaired) electrons. The molecular weight excluding hydrogens is 336 g/mol. The molecule has 4 nitrogen and oxygen atoms in total. The molecule has 2 N–H and O–H groups in total. The number of hydrogen-bond acceptors (Lipinski definition) is 2. The van der Waals surface area contributed by atoms with Gasteiger partial charge in [-0.3, -0.25) is 0 Å². The van der Waals surface area contributed by atoms with E-state index in [1.54, 1.807) is 0 Å². The third-order valence-corrected chi connectivity index (χ3v) is 6.53. The van der Waals surface area contributed by atoms with Crippen LogP contribution in [0.1, 0.15) is 53.4 Å². The van der Waals surface area contributed by atoms with Crippen molar-refractivity contribution < 1.29 is 9.90 Å². The Morgan fingerprint density at radius 3 is 2.15 bits per heavy atom. The highest BCUT2D eigenvalue weighted by molar-refractivity contribution is 5.75. The average Bonchev–Trinajstić information content (AvgIpc) is 3.55. The van der Waals surface area contributed by atoms with Gasteiger partial charge in [0.2, 0.25) is 0 Å². The van der Waals surface area contributed by atoms with E-state index in [1.165, 1.54) is 22.3 Å². The van der Waals surface area contributed by atoms with Crippen LogP contribution in [0.4, 0.5) is 4.79 Å². The number of carbonyl (C=O) groups excluding carboxylic acids is 1. The summed E-state index contributed by atoms with van der Waals surface area (Å²) in [7, 11) is 0. The molecule has 0 spiro atoms. The SMILES string of the molecule is O=C(NC[C@@H]1CC2c3ccccc3C1c1ccccc12)N(CCO)C1CC1. The van der Waals surface area contributed by atoms with Crippen LogP contribution in [0.2, 0.25) is 0 Å². The van der Waals surface area contributed by atoms with Gasteiger partial charge in [-0.1, -0.05) is 48.5 Å². The van der Waals surface area contributed by atoms with Crippen LogP contribution < -0.4 is 5.32 Å². The van der Waals surface area contributed by atoms with Gasteiger partial charge in [0.1, 0.15) is 0 Å². The number of benzene rings is 2. The lowest BCUT2D eigenvalue weighted by atomic mass is 9.59. The summed E-state index contributed by atoms with van der Waals surface area (Å²) in [4.78, 5) is 14.5. The van der Waals surface area contributed by atoms with E-state index in [0.29, 0.717) is 36.9 Å². The van der Waals surface area contributed by atoms with Gasteiger partial charge in [0.05, 0.1) is 6.61 Å². The van der Waals surface area contributed by atoms with Gasteiger partial charge in [-0.15, -0.1) is 0 Å². The maximum Gasteiger partial charge on any atom is 0.317 e. The molecule has 2 aromatic carbocycles. The minimum atomic E-state index is -0.0189. The molecule has 4 heteroatoms. The molecule has 4 aliphatic rings. The normalized spacial score (nSPS) is 24.9. The first-order chi connectivity index (χ1) is 13.3. The van der Waals surface area contributed by atoms with Gasteiger partial charge in [-0.25, -0.2) is 4.79 Å². The van der Waals surface area contributed by atoms with Crippen molar-refractivity contribution in [3.8, 4) is 0 Å². The minimum absolute atomic E-state index is 0.0189. The predicted octanol–water partition coefficient (Wildman–Crippen LogP) is 3.45. The Bertz CT molecular complexity index is 813. The molecule has 1 saturated carbocycles. The molecule has 0 saturated heterocycles. The lowest BCUT2D eigenvalue weighted by Gasteiger charge is -2.45. The van der Waals surface area contributed by atoms with E-state index in [9.17, 15) is 9.90 Å². The second-order valence-corrected chi connectivity index (χ2v) is 8.12. The Morgan fingerprint density at radius 2 is 1.59 bits per heavy atom. The summed E-state index contributed by atoms with van der Waals surface area (Å²) in [5, 5.41) is 12.4. The predicted molar refractivity (Wildman–Crippen MR) is 105 cm³/mol. The van der Waals surface area contributed by atoms with E-state index in [1.807, 2.05) is 4.90 Å². The standard InChI is InChI=1S/C23H26N2O2/c26-12-11-25(16-9-10-16)23(27)24-14-15-13-21-17-5-1-3-7-19(17)22(15)20-8-4-2-6-18(20)21/h1-8,15-16,21-22,26H,9-14H2,(H,24,27)/t15-,21?,22?/m0/s1. The van der Waals surface area contributed by atoms with Crippen molar-refractivity contribution in [2.75, 3.05) is 19.7 Å². The monoisotopic (exact) mass is 362 g/mol. The number of aliphatic hydroxyl groups is 1. The molecule has 0 aliphatic heterocycles. The number of fused-ring (bicyclic) bond motifs is 1. The fourth-order valence-electron chi connectivity index (χ4n) is 5.22. The first kappa shape index (κ1) is 16.8. The quantitative estimate of drug-likeness (QED) is 0.856. The van der Waals surface area contributed by atoms with Gasteiger partial charge in [0.25, 0.3) is 0 Å². The second kappa shape index (κ2) is 6.68. The fraction of sp³-hybridized carbons (Fsp3) is 0.435. The number of hydrogen-bond donors (Lipinski definition) is 2. The van der Waals surface area contributed by atoms with Gasteiger partial charge in [-0.05, 0) is 47.4 Å². The molecule has 6 rings (SSSR count). The average molecular weight is 362 g/mol. The number of rotatable bonds is 5. The van der Waals surface area contributed by atoms with Gasteiger partial charge in [0, 0.05) is 31.0 Å². The number of nitrogens with one attached hydrogen (secondary N) is 1. The van der Waals surface area contributed by atoms with Crippen LogP contribution in [0.25, 0.3) is 0 Å². The summed E-state index contributed by atoms with van der Waals surface area (Å²) in [6.07, 6.45) is 3.20. The number of amides is 2. The Balaban J connectivity index is 1.38. The zero-order chi connectivity index (χ0) is 18.4. The number of urea groups is 1. The van der Waals surface area contributed by atoms with E-state index in [2.05, 4.69) is 53.8 Å². The van der Waals surface area contributed by atoms with Crippen molar-refractivity contribution in [3.05, 3.63) is 70.8 Å². The molecule has 1 atom stereocenters. The molecular formula is C23H26N2O2. The molecule has 0 heterocycles. The van der Waals surface area contributed by atoms with Crippen molar-refractivity contribution in [1.82, 2.24) is 10.2 Å². The van der Waals surface area contributed by atoms with Gasteiger partial charge in [-0.2, -0.15) is 0 Å². The van der Waals surface area contributed by atoms with Crippen molar-refractivity contribution in [2.24, 2.45) is 5.92 Å². The third-order valence-electron chi connectivity index (χ3n) is 6.53. The largest absolute Gasteiger partial charge is 0.395 e. The van der Waals surface area contributed by atoms with E-state index in [-0.39, 0.29) is 12.6 Å². The Labute approximate surface area is 160 Å². The van der Waals surface area contributed by atoms with Gasteiger partial charge >= 0.3 is 6.03 Å². The molecule has 140 valence electrons. The van der Waals surface area contributed by atoms with Crippen LogP contribution in [0.15, 0.2) is 48.5 Å². The van der Waals surface area contributed by atoms with Crippen LogP contribution in [0.3, 0.4) is 0 Å². The van der Waals surface area contributed by atoms with E-state index < -0.39 is 0 Å². The Hall–Kier alpha value is -2.33. The topological polar surface area (TPSA) is 52.6 Å². The summed E-state index contributed by atoms with van der Waals surface area (Å²) in [6, 6.07) is 17.9. The van der Waals surface area contributed by atoms with Crippen LogP contribution in [-0.4, -0.2) is 41.8 Å². The van der Waals surface area contributed by atoms with Crippen molar-refractivity contribution in [1.29, 1.82) is 0 Å².